The van der Waals surface area contributed by atoms with Gasteiger partial charge < -0.3 is 9.84 Å². The summed E-state index contributed by atoms with van der Waals surface area (Å²) in [7, 11) is -3.76. The lowest BCUT2D eigenvalue weighted by atomic mass is 10.2. The number of primary sulfonamides is 1. The van der Waals surface area contributed by atoms with E-state index >= 15 is 0 Å². The van der Waals surface area contributed by atoms with Crippen molar-refractivity contribution in [2.45, 2.75) is 30.5 Å². The Bertz CT molecular complexity index is 966. The molecule has 0 bridgehead atoms. The van der Waals surface area contributed by atoms with Gasteiger partial charge in [0.2, 0.25) is 21.7 Å². The van der Waals surface area contributed by atoms with Crippen LogP contribution in [0.1, 0.15) is 18.5 Å². The van der Waals surface area contributed by atoms with Crippen molar-refractivity contribution < 1.29 is 12.9 Å². The minimum atomic E-state index is -3.76. The van der Waals surface area contributed by atoms with Crippen LogP contribution in [0.15, 0.2) is 39.1 Å². The monoisotopic (exact) mass is 379 g/mol. The highest BCUT2D eigenvalue weighted by atomic mass is 32.2. The van der Waals surface area contributed by atoms with Gasteiger partial charge in [0.15, 0.2) is 9.34 Å². The maximum Gasteiger partial charge on any atom is 0.249 e. The molecule has 2 aromatic heterocycles. The Morgan fingerprint density at radius 2 is 2.00 bits per heavy atom. The molecule has 0 aliphatic carbocycles. The van der Waals surface area contributed by atoms with E-state index in [9.17, 15) is 8.42 Å². The van der Waals surface area contributed by atoms with Crippen LogP contribution in [0.5, 0.6) is 0 Å². The summed E-state index contributed by atoms with van der Waals surface area (Å²) in [5.74, 6) is 1.02. The molecule has 0 saturated carbocycles. The van der Waals surface area contributed by atoms with Crippen LogP contribution in [0, 0.1) is 6.92 Å². The highest BCUT2D eigenvalue weighted by molar-refractivity contribution is 7.91. The molecular formula is C15H17N5O3S2. The molecule has 0 spiro atoms. The van der Waals surface area contributed by atoms with Gasteiger partial charge >= 0.3 is 0 Å². The largest absolute Gasteiger partial charge is 0.359 e. The molecule has 10 heteroatoms. The predicted octanol–water partition coefficient (Wildman–Crippen LogP) is 2.19. The second-order valence-electron chi connectivity index (χ2n) is 5.56. The Hall–Kier alpha value is -2.30. The van der Waals surface area contributed by atoms with Crippen molar-refractivity contribution in [1.82, 2.24) is 15.1 Å². The maximum atomic E-state index is 11.5. The minimum Gasteiger partial charge on any atom is -0.359 e. The summed E-state index contributed by atoms with van der Waals surface area (Å²) in [6.07, 6.45) is 0.475. The lowest BCUT2D eigenvalue weighted by molar-refractivity contribution is 0.374. The summed E-state index contributed by atoms with van der Waals surface area (Å²) in [6, 6.07) is 9.46. The van der Waals surface area contributed by atoms with Gasteiger partial charge in [-0.15, -0.1) is 0 Å². The molecule has 0 saturated heterocycles. The average Bonchev–Trinajstić information content (AvgIpc) is 3.14. The van der Waals surface area contributed by atoms with E-state index in [2.05, 4.69) is 20.4 Å². The van der Waals surface area contributed by atoms with Gasteiger partial charge in [-0.05, 0) is 13.8 Å². The third kappa shape index (κ3) is 4.21. The van der Waals surface area contributed by atoms with Gasteiger partial charge in [0.05, 0.1) is 5.69 Å². The highest BCUT2D eigenvalue weighted by Gasteiger charge is 2.19. The Morgan fingerprint density at radius 3 is 2.64 bits per heavy atom. The number of nitrogens with one attached hydrogen (secondary N) is 1. The number of hydrogen-bond donors (Lipinski definition) is 2. The Labute approximate surface area is 149 Å². The molecule has 1 aromatic carbocycles. The summed E-state index contributed by atoms with van der Waals surface area (Å²) in [5.41, 5.74) is 1.26. The molecule has 25 heavy (non-hydrogen) atoms. The van der Waals surface area contributed by atoms with Crippen LogP contribution in [0.2, 0.25) is 0 Å². The van der Waals surface area contributed by atoms with Crippen molar-refractivity contribution >= 4 is 26.5 Å². The van der Waals surface area contributed by atoms with Crippen molar-refractivity contribution in [1.29, 1.82) is 0 Å². The first-order chi connectivity index (χ1) is 11.8. The van der Waals surface area contributed by atoms with Gasteiger partial charge in [-0.3, -0.25) is 0 Å². The molecule has 3 N–H and O–H groups in total. The minimum absolute atomic E-state index is 0.0614. The number of hydrogen-bond acceptors (Lipinski definition) is 8. The number of nitrogens with two attached hydrogens (primary N) is 1. The van der Waals surface area contributed by atoms with Crippen LogP contribution >= 0.6 is 11.3 Å². The Kier molecular flexibility index (Phi) is 4.84. The molecule has 3 aromatic rings. The standard InChI is InChI=1S/C15H17N5O3S2/c1-9(17-15-18-10(2)14(24-15)25(16,21)22)8-12-19-13(20-23-12)11-6-4-3-5-7-11/h3-7,9H,8H2,1-2H3,(H,17,18)(H2,16,21,22). The molecule has 0 fully saturated rings. The van der Waals surface area contributed by atoms with Crippen LogP contribution in [0.25, 0.3) is 11.4 Å². The van der Waals surface area contributed by atoms with Gasteiger partial charge in [0, 0.05) is 18.0 Å². The fourth-order valence-corrected chi connectivity index (χ4v) is 4.24. The second-order valence-corrected chi connectivity index (χ2v) is 8.32. The Morgan fingerprint density at radius 1 is 1.28 bits per heavy atom. The van der Waals surface area contributed by atoms with E-state index < -0.39 is 10.0 Å². The maximum absolute atomic E-state index is 11.5. The lowest BCUT2D eigenvalue weighted by Gasteiger charge is -2.09. The third-order valence-corrected chi connectivity index (χ3v) is 6.01. The second kappa shape index (κ2) is 6.90. The number of benzene rings is 1. The third-order valence-electron chi connectivity index (χ3n) is 3.36. The molecular weight excluding hydrogens is 362 g/mol. The summed E-state index contributed by atoms with van der Waals surface area (Å²) < 4.78 is 28.3. The van der Waals surface area contributed by atoms with Crippen LogP contribution in [0.4, 0.5) is 5.13 Å². The van der Waals surface area contributed by atoms with Crippen molar-refractivity contribution in [3.8, 4) is 11.4 Å². The zero-order chi connectivity index (χ0) is 18.0. The fourth-order valence-electron chi connectivity index (χ4n) is 2.27. The first kappa shape index (κ1) is 17.5. The topological polar surface area (TPSA) is 124 Å². The zero-order valence-electron chi connectivity index (χ0n) is 13.6. The molecule has 1 atom stereocenters. The van der Waals surface area contributed by atoms with Gasteiger partial charge in [-0.25, -0.2) is 18.5 Å². The first-order valence-electron chi connectivity index (χ1n) is 7.47. The number of rotatable bonds is 6. The van der Waals surface area contributed by atoms with Gasteiger partial charge in [0.1, 0.15) is 0 Å². The van der Waals surface area contributed by atoms with E-state index in [4.69, 9.17) is 9.66 Å². The Balaban J connectivity index is 1.67. The normalized spacial score (nSPS) is 12.9. The number of aromatic nitrogens is 3. The zero-order valence-corrected chi connectivity index (χ0v) is 15.3. The van der Waals surface area contributed by atoms with Crippen LogP contribution in [-0.2, 0) is 16.4 Å². The molecule has 0 aliphatic heterocycles. The lowest BCUT2D eigenvalue weighted by Crippen LogP contribution is -2.18. The summed E-state index contributed by atoms with van der Waals surface area (Å²) in [5, 5.41) is 12.8. The van der Waals surface area contributed by atoms with E-state index in [1.165, 1.54) is 0 Å². The summed E-state index contributed by atoms with van der Waals surface area (Å²) in [4.78, 5) is 8.57. The number of thiazole rings is 1. The number of anilines is 1. The molecule has 0 amide bonds. The summed E-state index contributed by atoms with van der Waals surface area (Å²) >= 11 is 1.01. The van der Waals surface area contributed by atoms with Crippen molar-refractivity contribution in [2.24, 2.45) is 5.14 Å². The number of aryl methyl sites for hydroxylation is 1. The van der Waals surface area contributed by atoms with Crippen LogP contribution in [0.3, 0.4) is 0 Å². The van der Waals surface area contributed by atoms with Crippen molar-refractivity contribution in [3.05, 3.63) is 41.9 Å². The van der Waals surface area contributed by atoms with E-state index in [0.717, 1.165) is 16.9 Å². The van der Waals surface area contributed by atoms with Gasteiger partial charge in [0.25, 0.3) is 0 Å². The van der Waals surface area contributed by atoms with Crippen molar-refractivity contribution in [2.75, 3.05) is 5.32 Å². The summed E-state index contributed by atoms with van der Waals surface area (Å²) in [6.45, 7) is 3.52. The smallest absolute Gasteiger partial charge is 0.249 e. The molecule has 2 heterocycles. The van der Waals surface area contributed by atoms with Crippen LogP contribution < -0.4 is 10.5 Å². The molecule has 0 aliphatic rings. The molecule has 0 radical (unpaired) electrons. The SMILES string of the molecule is Cc1nc(NC(C)Cc2nc(-c3ccccc3)no2)sc1S(N)(=O)=O. The van der Waals surface area contributed by atoms with Gasteiger partial charge in [-0.1, -0.05) is 46.8 Å². The van der Waals surface area contributed by atoms with E-state index in [1.54, 1.807) is 6.92 Å². The number of sulfonamides is 1. The molecule has 3 rings (SSSR count). The van der Waals surface area contributed by atoms with Gasteiger partial charge in [-0.2, -0.15) is 4.98 Å². The van der Waals surface area contributed by atoms with Crippen LogP contribution in [-0.4, -0.2) is 29.6 Å². The highest BCUT2D eigenvalue weighted by Crippen LogP contribution is 2.26. The number of nitrogens with zero attached hydrogens (tertiary/aromatic N) is 3. The predicted molar refractivity (Wildman–Crippen MR) is 94.7 cm³/mol. The van der Waals surface area contributed by atoms with E-state index in [0.29, 0.717) is 29.0 Å². The molecule has 132 valence electrons. The van der Waals surface area contributed by atoms with E-state index in [-0.39, 0.29) is 10.3 Å². The molecule has 1 unspecified atom stereocenters. The quantitative estimate of drug-likeness (QED) is 0.672. The first-order valence-corrected chi connectivity index (χ1v) is 9.84. The fraction of sp³-hybridized carbons (Fsp3) is 0.267. The van der Waals surface area contributed by atoms with Crippen molar-refractivity contribution in [3.63, 3.8) is 0 Å². The van der Waals surface area contributed by atoms with E-state index in [1.807, 2.05) is 37.3 Å². The molecule has 8 nitrogen and oxygen atoms in total. The average molecular weight is 379 g/mol.